The van der Waals surface area contributed by atoms with Gasteiger partial charge in [-0.25, -0.2) is 0 Å². The van der Waals surface area contributed by atoms with Crippen LogP contribution in [0.5, 0.6) is 0 Å². The second-order valence-corrected chi connectivity index (χ2v) is 4.44. The molecule has 64 valence electrons. The monoisotopic (exact) mass is 274 g/mol. The molecule has 0 aromatic carbocycles. The maximum atomic E-state index is 4.41. The van der Waals surface area contributed by atoms with Crippen molar-refractivity contribution in [3.8, 4) is 0 Å². The molecule has 0 bridgehead atoms. The van der Waals surface area contributed by atoms with Gasteiger partial charge in [0, 0.05) is 9.77 Å². The molecule has 0 unspecified atom stereocenters. The van der Waals surface area contributed by atoms with Gasteiger partial charge in [0.05, 0.1) is 11.2 Å². The van der Waals surface area contributed by atoms with Crippen LogP contribution in [0, 0.1) is 3.57 Å². The molecule has 2 nitrogen and oxygen atoms in total. The van der Waals surface area contributed by atoms with Crippen LogP contribution in [0.2, 0.25) is 0 Å². The van der Waals surface area contributed by atoms with Crippen molar-refractivity contribution in [2.75, 3.05) is 7.05 Å². The van der Waals surface area contributed by atoms with Crippen molar-refractivity contribution in [2.24, 2.45) is 0 Å². The molecule has 1 fully saturated rings. The van der Waals surface area contributed by atoms with E-state index in [2.05, 4.69) is 45.0 Å². The summed E-state index contributed by atoms with van der Waals surface area (Å²) in [6.45, 7) is 0. The van der Waals surface area contributed by atoms with Crippen molar-refractivity contribution < 1.29 is 0 Å². The number of halogens is 1. The van der Waals surface area contributed by atoms with E-state index in [1.54, 1.807) is 0 Å². The molecule has 0 saturated heterocycles. The van der Waals surface area contributed by atoms with Gasteiger partial charge in [-0.15, -0.1) is 0 Å². The highest BCUT2D eigenvalue weighted by Crippen LogP contribution is 2.43. The number of pyridine rings is 1. The first-order chi connectivity index (χ1) is 5.77. The second-order valence-electron chi connectivity index (χ2n) is 3.19. The van der Waals surface area contributed by atoms with E-state index in [0.717, 1.165) is 0 Å². The number of aromatic nitrogens is 1. The van der Waals surface area contributed by atoms with Gasteiger partial charge in [-0.1, -0.05) is 0 Å². The van der Waals surface area contributed by atoms with Gasteiger partial charge in [0.2, 0.25) is 0 Å². The van der Waals surface area contributed by atoms with Crippen LogP contribution < -0.4 is 5.32 Å². The minimum atomic E-state index is 0.213. The molecule has 1 aliphatic carbocycles. The standard InChI is InChI=1S/C9H11IN2/c1-11-9(4-5-9)8-3-2-7(10)6-12-8/h2-3,6,11H,4-5H2,1H3. The van der Waals surface area contributed by atoms with E-state index >= 15 is 0 Å². The van der Waals surface area contributed by atoms with Gasteiger partial charge >= 0.3 is 0 Å². The Bertz CT molecular complexity index is 277. The van der Waals surface area contributed by atoms with Crippen molar-refractivity contribution in [2.45, 2.75) is 18.4 Å². The van der Waals surface area contributed by atoms with E-state index in [9.17, 15) is 0 Å². The Morgan fingerprint density at radius 3 is 2.67 bits per heavy atom. The lowest BCUT2D eigenvalue weighted by molar-refractivity contribution is 0.567. The van der Waals surface area contributed by atoms with Crippen molar-refractivity contribution in [3.05, 3.63) is 27.6 Å². The molecule has 0 spiro atoms. The third-order valence-electron chi connectivity index (χ3n) is 2.45. The Morgan fingerprint density at radius 2 is 2.25 bits per heavy atom. The zero-order chi connectivity index (χ0) is 8.60. The fraction of sp³-hybridized carbons (Fsp3) is 0.444. The molecule has 1 N–H and O–H groups in total. The van der Waals surface area contributed by atoms with Gasteiger partial charge in [-0.2, -0.15) is 0 Å². The molecule has 0 aliphatic heterocycles. The zero-order valence-electron chi connectivity index (χ0n) is 6.97. The SMILES string of the molecule is CNC1(c2ccc(I)cn2)CC1. The van der Waals surface area contributed by atoms with E-state index in [1.807, 2.05) is 13.2 Å². The number of hydrogen-bond donors (Lipinski definition) is 1. The van der Waals surface area contributed by atoms with Gasteiger partial charge in [0.15, 0.2) is 0 Å². The Morgan fingerprint density at radius 1 is 1.50 bits per heavy atom. The Hall–Kier alpha value is -0.160. The third kappa shape index (κ3) is 1.35. The minimum Gasteiger partial charge on any atom is -0.309 e. The largest absolute Gasteiger partial charge is 0.309 e. The Balaban J connectivity index is 2.29. The fourth-order valence-electron chi connectivity index (χ4n) is 1.42. The van der Waals surface area contributed by atoms with Gasteiger partial charge in [-0.3, -0.25) is 4.98 Å². The summed E-state index contributed by atoms with van der Waals surface area (Å²) in [6, 6.07) is 4.23. The molecule has 1 aromatic rings. The maximum Gasteiger partial charge on any atom is 0.0607 e. The van der Waals surface area contributed by atoms with Crippen molar-refractivity contribution in [1.29, 1.82) is 0 Å². The lowest BCUT2D eigenvalue weighted by Gasteiger charge is -2.12. The smallest absolute Gasteiger partial charge is 0.0607 e. The van der Waals surface area contributed by atoms with Crippen LogP contribution in [0.15, 0.2) is 18.3 Å². The van der Waals surface area contributed by atoms with Crippen LogP contribution in [0.25, 0.3) is 0 Å². The summed E-state index contributed by atoms with van der Waals surface area (Å²) in [4.78, 5) is 4.41. The zero-order valence-corrected chi connectivity index (χ0v) is 9.13. The highest BCUT2D eigenvalue weighted by atomic mass is 127. The van der Waals surface area contributed by atoms with Crippen LogP contribution in [0.1, 0.15) is 18.5 Å². The Labute approximate surface area is 85.9 Å². The predicted octanol–water partition coefficient (Wildman–Crippen LogP) is 1.89. The Kier molecular flexibility index (Phi) is 2.08. The molecular weight excluding hydrogens is 263 g/mol. The van der Waals surface area contributed by atoms with Crippen molar-refractivity contribution in [3.63, 3.8) is 0 Å². The molecular formula is C9H11IN2. The summed E-state index contributed by atoms with van der Waals surface area (Å²) in [5.74, 6) is 0. The normalized spacial score (nSPS) is 19.2. The second kappa shape index (κ2) is 2.96. The van der Waals surface area contributed by atoms with E-state index in [-0.39, 0.29) is 5.54 Å². The first-order valence-corrected chi connectivity index (χ1v) is 5.16. The quantitative estimate of drug-likeness (QED) is 0.833. The van der Waals surface area contributed by atoms with Gasteiger partial charge in [-0.05, 0) is 54.6 Å². The van der Waals surface area contributed by atoms with E-state index < -0.39 is 0 Å². The van der Waals surface area contributed by atoms with Gasteiger partial charge in [0.1, 0.15) is 0 Å². The molecule has 0 atom stereocenters. The first-order valence-electron chi connectivity index (χ1n) is 4.08. The van der Waals surface area contributed by atoms with Gasteiger partial charge < -0.3 is 5.32 Å². The van der Waals surface area contributed by atoms with Crippen LogP contribution in [-0.2, 0) is 5.54 Å². The molecule has 2 rings (SSSR count). The summed E-state index contributed by atoms with van der Waals surface area (Å²) >= 11 is 2.27. The minimum absolute atomic E-state index is 0.213. The van der Waals surface area contributed by atoms with Gasteiger partial charge in [0.25, 0.3) is 0 Å². The summed E-state index contributed by atoms with van der Waals surface area (Å²) in [6.07, 6.45) is 4.36. The summed E-state index contributed by atoms with van der Waals surface area (Å²) < 4.78 is 1.20. The van der Waals surface area contributed by atoms with E-state index in [1.165, 1.54) is 22.1 Å². The lowest BCUT2D eigenvalue weighted by Crippen LogP contribution is -2.25. The molecule has 12 heavy (non-hydrogen) atoms. The summed E-state index contributed by atoms with van der Waals surface area (Å²) in [5.41, 5.74) is 1.40. The number of rotatable bonds is 2. The predicted molar refractivity (Wildman–Crippen MR) is 56.9 cm³/mol. The number of nitrogens with one attached hydrogen (secondary N) is 1. The van der Waals surface area contributed by atoms with Crippen LogP contribution in [-0.4, -0.2) is 12.0 Å². The van der Waals surface area contributed by atoms with Crippen molar-refractivity contribution >= 4 is 22.6 Å². The summed E-state index contributed by atoms with van der Waals surface area (Å²) in [7, 11) is 2.01. The first kappa shape index (κ1) is 8.44. The lowest BCUT2D eigenvalue weighted by atomic mass is 10.1. The van der Waals surface area contributed by atoms with Crippen LogP contribution in [0.3, 0.4) is 0 Å². The number of nitrogens with zero attached hydrogens (tertiary/aromatic N) is 1. The highest BCUT2D eigenvalue weighted by molar-refractivity contribution is 14.1. The molecule has 3 heteroatoms. The summed E-state index contributed by atoms with van der Waals surface area (Å²) in [5, 5.41) is 3.32. The number of hydrogen-bond acceptors (Lipinski definition) is 2. The molecule has 1 heterocycles. The topological polar surface area (TPSA) is 24.9 Å². The fourth-order valence-corrected chi connectivity index (χ4v) is 1.74. The molecule has 0 amide bonds. The van der Waals surface area contributed by atoms with E-state index in [0.29, 0.717) is 0 Å². The average Bonchev–Trinajstić information content (AvgIpc) is 2.86. The van der Waals surface area contributed by atoms with Crippen LogP contribution in [0.4, 0.5) is 0 Å². The third-order valence-corrected chi connectivity index (χ3v) is 3.08. The van der Waals surface area contributed by atoms with E-state index in [4.69, 9.17) is 0 Å². The molecule has 1 saturated carbocycles. The average molecular weight is 274 g/mol. The molecule has 1 aliphatic rings. The maximum absolute atomic E-state index is 4.41. The van der Waals surface area contributed by atoms with Crippen LogP contribution >= 0.6 is 22.6 Å². The molecule has 0 radical (unpaired) electrons. The molecule has 1 aromatic heterocycles. The van der Waals surface area contributed by atoms with Crippen molar-refractivity contribution in [1.82, 2.24) is 10.3 Å². The highest BCUT2D eigenvalue weighted by Gasteiger charge is 2.43.